The molecule has 2 aliphatic heterocycles. The van der Waals surface area contributed by atoms with E-state index in [2.05, 4.69) is 5.32 Å². The maximum absolute atomic E-state index is 13.1. The largest absolute Gasteiger partial charge is 0.490 e. The number of carbonyl (C=O) groups excluding carboxylic acids is 3. The Kier molecular flexibility index (Phi) is 6.77. The fourth-order valence-corrected chi connectivity index (χ4v) is 4.28. The van der Waals surface area contributed by atoms with Crippen LogP contribution < -0.4 is 19.7 Å². The number of hydrogen-bond acceptors (Lipinski definition) is 5. The minimum atomic E-state index is -0.675. The highest BCUT2D eigenvalue weighted by molar-refractivity contribution is 6.15. The number of aryl methyl sites for hydroxylation is 1. The first-order valence-corrected chi connectivity index (χ1v) is 11.7. The summed E-state index contributed by atoms with van der Waals surface area (Å²) in [6.07, 6.45) is 0.810. The van der Waals surface area contributed by atoms with E-state index in [9.17, 15) is 14.4 Å². The molecule has 1 fully saturated rings. The molecule has 8 heteroatoms. The zero-order valence-electron chi connectivity index (χ0n) is 20.0. The van der Waals surface area contributed by atoms with Gasteiger partial charge in [-0.05, 0) is 49.6 Å². The summed E-state index contributed by atoms with van der Waals surface area (Å²) in [5.41, 5.74) is 2.56. The Morgan fingerprint density at radius 3 is 2.41 bits per heavy atom. The highest BCUT2D eigenvalue weighted by atomic mass is 16.5. The molecule has 180 valence electrons. The van der Waals surface area contributed by atoms with Gasteiger partial charge in [-0.2, -0.15) is 0 Å². The van der Waals surface area contributed by atoms with Crippen LogP contribution in [0.3, 0.4) is 0 Å². The van der Waals surface area contributed by atoms with E-state index < -0.39 is 23.9 Å². The second kappa shape index (κ2) is 9.75. The molecule has 2 aliphatic rings. The van der Waals surface area contributed by atoms with Crippen LogP contribution >= 0.6 is 0 Å². The third-order valence-corrected chi connectivity index (χ3v) is 6.18. The standard InChI is InChI=1S/C26H31N3O5/c1-16(2)24(19-8-11-21-22(14-19)34-13-5-12-33-21)27-23(30)15-28-25(31)18(4)29(26(28)32)20-9-6-17(3)7-10-20/h6-11,14,16,18,24H,5,12-13,15H2,1-4H3,(H,27,30)/t18-,24+/m1/s1. The molecule has 34 heavy (non-hydrogen) atoms. The third kappa shape index (κ3) is 4.71. The molecular weight excluding hydrogens is 434 g/mol. The zero-order valence-corrected chi connectivity index (χ0v) is 20.0. The predicted octanol–water partition coefficient (Wildman–Crippen LogP) is 3.83. The van der Waals surface area contributed by atoms with Gasteiger partial charge in [-0.15, -0.1) is 0 Å². The molecule has 0 aliphatic carbocycles. The minimum absolute atomic E-state index is 0.0710. The Balaban J connectivity index is 1.48. The lowest BCUT2D eigenvalue weighted by Gasteiger charge is -2.25. The van der Waals surface area contributed by atoms with Crippen molar-refractivity contribution in [3.05, 3.63) is 53.6 Å². The van der Waals surface area contributed by atoms with Gasteiger partial charge in [-0.1, -0.05) is 37.6 Å². The van der Waals surface area contributed by atoms with Crippen LogP contribution in [-0.4, -0.2) is 48.5 Å². The number of benzene rings is 2. The maximum atomic E-state index is 13.1. The van der Waals surface area contributed by atoms with Crippen molar-refractivity contribution in [3.63, 3.8) is 0 Å². The number of carbonyl (C=O) groups is 3. The maximum Gasteiger partial charge on any atom is 0.332 e. The van der Waals surface area contributed by atoms with Crippen molar-refractivity contribution in [3.8, 4) is 11.5 Å². The second-order valence-corrected chi connectivity index (χ2v) is 9.13. The van der Waals surface area contributed by atoms with E-state index in [1.807, 2.05) is 51.1 Å². The van der Waals surface area contributed by atoms with Crippen LogP contribution in [0.25, 0.3) is 0 Å². The number of urea groups is 1. The quantitative estimate of drug-likeness (QED) is 0.655. The summed E-state index contributed by atoms with van der Waals surface area (Å²) in [5, 5.41) is 3.00. The Bertz CT molecular complexity index is 1080. The number of imide groups is 1. The number of nitrogens with zero attached hydrogens (tertiary/aromatic N) is 2. The van der Waals surface area contributed by atoms with E-state index in [0.29, 0.717) is 30.4 Å². The number of fused-ring (bicyclic) bond motifs is 1. The van der Waals surface area contributed by atoms with Gasteiger partial charge in [0.25, 0.3) is 5.91 Å². The van der Waals surface area contributed by atoms with E-state index in [4.69, 9.17) is 9.47 Å². The van der Waals surface area contributed by atoms with E-state index in [1.165, 1.54) is 4.90 Å². The van der Waals surface area contributed by atoms with Crippen LogP contribution in [0.15, 0.2) is 42.5 Å². The van der Waals surface area contributed by atoms with Crippen LogP contribution in [0.1, 0.15) is 44.4 Å². The number of anilines is 1. The molecule has 0 bridgehead atoms. The molecule has 1 saturated heterocycles. The van der Waals surface area contributed by atoms with Gasteiger partial charge in [0.05, 0.1) is 19.3 Å². The van der Waals surface area contributed by atoms with Gasteiger partial charge in [0.15, 0.2) is 11.5 Å². The van der Waals surface area contributed by atoms with Gasteiger partial charge < -0.3 is 14.8 Å². The average molecular weight is 466 g/mol. The predicted molar refractivity (Wildman–Crippen MR) is 128 cm³/mol. The molecule has 0 radical (unpaired) electrons. The summed E-state index contributed by atoms with van der Waals surface area (Å²) >= 11 is 0. The first-order chi connectivity index (χ1) is 16.3. The molecule has 4 rings (SSSR count). The smallest absolute Gasteiger partial charge is 0.332 e. The lowest BCUT2D eigenvalue weighted by atomic mass is 9.95. The molecule has 0 spiro atoms. The van der Waals surface area contributed by atoms with Crippen molar-refractivity contribution in [2.75, 3.05) is 24.7 Å². The van der Waals surface area contributed by atoms with Gasteiger partial charge in [0.1, 0.15) is 12.6 Å². The molecule has 2 atom stereocenters. The molecular formula is C26H31N3O5. The molecule has 0 saturated carbocycles. The van der Waals surface area contributed by atoms with E-state index >= 15 is 0 Å². The van der Waals surface area contributed by atoms with Crippen molar-refractivity contribution in [2.24, 2.45) is 5.92 Å². The molecule has 2 heterocycles. The highest BCUT2D eigenvalue weighted by Gasteiger charge is 2.44. The van der Waals surface area contributed by atoms with E-state index in [0.717, 1.165) is 22.4 Å². The first-order valence-electron chi connectivity index (χ1n) is 11.7. The van der Waals surface area contributed by atoms with E-state index in [-0.39, 0.29) is 18.5 Å². The Labute approximate surface area is 199 Å². The summed E-state index contributed by atoms with van der Waals surface area (Å²) in [6, 6.07) is 11.5. The van der Waals surface area contributed by atoms with Crippen LogP contribution in [0.2, 0.25) is 0 Å². The van der Waals surface area contributed by atoms with Crippen molar-refractivity contribution >= 4 is 23.5 Å². The fraction of sp³-hybridized carbons (Fsp3) is 0.423. The molecule has 0 unspecified atom stereocenters. The van der Waals surface area contributed by atoms with E-state index in [1.54, 1.807) is 19.1 Å². The minimum Gasteiger partial charge on any atom is -0.490 e. The van der Waals surface area contributed by atoms with Gasteiger partial charge in [-0.3, -0.25) is 19.4 Å². The molecule has 2 aromatic carbocycles. The Morgan fingerprint density at radius 1 is 1.06 bits per heavy atom. The lowest BCUT2D eigenvalue weighted by Crippen LogP contribution is -2.43. The monoisotopic (exact) mass is 465 g/mol. The SMILES string of the molecule is Cc1ccc(N2C(=O)N(CC(=O)N[C@H](c3ccc4c(c3)OCCCO4)C(C)C)C(=O)[C@H]2C)cc1. The number of rotatable bonds is 6. The molecule has 2 aromatic rings. The number of ether oxygens (including phenoxy) is 2. The highest BCUT2D eigenvalue weighted by Crippen LogP contribution is 2.34. The van der Waals surface area contributed by atoms with Crippen molar-refractivity contribution in [1.82, 2.24) is 10.2 Å². The Hall–Kier alpha value is -3.55. The number of amides is 4. The first kappa shape index (κ1) is 23.6. The average Bonchev–Trinajstić information content (AvgIpc) is 2.97. The molecule has 4 amide bonds. The van der Waals surface area contributed by atoms with Crippen molar-refractivity contribution in [1.29, 1.82) is 0 Å². The normalized spacial score (nSPS) is 18.8. The molecule has 8 nitrogen and oxygen atoms in total. The van der Waals surface area contributed by atoms with Crippen molar-refractivity contribution in [2.45, 2.75) is 46.2 Å². The van der Waals surface area contributed by atoms with Crippen LogP contribution in [0.4, 0.5) is 10.5 Å². The zero-order chi connectivity index (χ0) is 24.4. The lowest BCUT2D eigenvalue weighted by molar-refractivity contribution is -0.132. The van der Waals surface area contributed by atoms with Gasteiger partial charge in [0, 0.05) is 12.1 Å². The van der Waals surface area contributed by atoms with Gasteiger partial charge in [-0.25, -0.2) is 4.79 Å². The van der Waals surface area contributed by atoms with Gasteiger partial charge >= 0.3 is 6.03 Å². The number of nitrogens with one attached hydrogen (secondary N) is 1. The summed E-state index contributed by atoms with van der Waals surface area (Å²) < 4.78 is 11.5. The summed E-state index contributed by atoms with van der Waals surface area (Å²) in [5.74, 6) is 0.625. The van der Waals surface area contributed by atoms with Crippen LogP contribution in [0.5, 0.6) is 11.5 Å². The summed E-state index contributed by atoms with van der Waals surface area (Å²) in [6.45, 7) is 8.47. The van der Waals surface area contributed by atoms with Crippen LogP contribution in [-0.2, 0) is 9.59 Å². The molecule has 1 N–H and O–H groups in total. The topological polar surface area (TPSA) is 88.2 Å². The molecule has 0 aromatic heterocycles. The van der Waals surface area contributed by atoms with Crippen molar-refractivity contribution < 1.29 is 23.9 Å². The second-order valence-electron chi connectivity index (χ2n) is 9.13. The third-order valence-electron chi connectivity index (χ3n) is 6.18. The Morgan fingerprint density at radius 2 is 1.74 bits per heavy atom. The summed E-state index contributed by atoms with van der Waals surface area (Å²) in [4.78, 5) is 41.3. The van der Waals surface area contributed by atoms with Crippen LogP contribution in [0, 0.1) is 12.8 Å². The number of hydrogen-bond donors (Lipinski definition) is 1. The fourth-order valence-electron chi connectivity index (χ4n) is 4.28. The van der Waals surface area contributed by atoms with Gasteiger partial charge in [0.2, 0.25) is 5.91 Å². The summed E-state index contributed by atoms with van der Waals surface area (Å²) in [7, 11) is 0.